The minimum absolute atomic E-state index is 0. The number of rotatable bonds is 7. The number of para-hydroxylation sites is 1. The van der Waals surface area contributed by atoms with E-state index in [1.165, 1.54) is 18.9 Å². The summed E-state index contributed by atoms with van der Waals surface area (Å²) in [7, 11) is 0. The molecule has 7 heteroatoms. The second-order valence-corrected chi connectivity index (χ2v) is 7.43. The number of nitrogens with zero attached hydrogens (tertiary/aromatic N) is 2. The maximum absolute atomic E-state index is 13.7. The molecule has 1 heterocycles. The molecule has 0 radical (unpaired) electrons. The van der Waals surface area contributed by atoms with Crippen LogP contribution < -0.4 is 15.4 Å². The first-order valence-corrected chi connectivity index (χ1v) is 9.78. The molecule has 1 saturated carbocycles. The average Bonchev–Trinajstić information content (AvgIpc) is 3.38. The fourth-order valence-corrected chi connectivity index (χ4v) is 3.60. The Morgan fingerprint density at radius 2 is 2.11 bits per heavy atom. The molecule has 0 bridgehead atoms. The van der Waals surface area contributed by atoms with Gasteiger partial charge >= 0.3 is 0 Å². The van der Waals surface area contributed by atoms with Crippen LogP contribution in [-0.4, -0.2) is 54.7 Å². The van der Waals surface area contributed by atoms with E-state index in [0.29, 0.717) is 18.6 Å². The molecular formula is C20H32FIN4O. The maximum Gasteiger partial charge on any atom is 0.191 e. The van der Waals surface area contributed by atoms with Gasteiger partial charge in [0, 0.05) is 31.2 Å². The summed E-state index contributed by atoms with van der Waals surface area (Å²) in [6.45, 7) is 8.64. The molecule has 3 rings (SSSR count). The Balaban J connectivity index is 0.00000261. The summed E-state index contributed by atoms with van der Waals surface area (Å²) in [5.41, 5.74) is 0. The van der Waals surface area contributed by atoms with Crippen LogP contribution in [0, 0.1) is 5.82 Å². The van der Waals surface area contributed by atoms with Gasteiger partial charge in [0.05, 0.1) is 6.54 Å². The van der Waals surface area contributed by atoms with E-state index in [0.717, 1.165) is 31.5 Å². The van der Waals surface area contributed by atoms with Gasteiger partial charge in [-0.05, 0) is 52.2 Å². The Labute approximate surface area is 179 Å². The average molecular weight is 490 g/mol. The van der Waals surface area contributed by atoms with Gasteiger partial charge in [-0.1, -0.05) is 12.1 Å². The first-order chi connectivity index (χ1) is 12.6. The van der Waals surface area contributed by atoms with Crippen LogP contribution in [0.5, 0.6) is 5.75 Å². The third-order valence-corrected chi connectivity index (χ3v) is 5.00. The molecule has 1 saturated heterocycles. The normalized spacial score (nSPS) is 24.2. The minimum atomic E-state index is -0.339. The first kappa shape index (κ1) is 22.2. The topological polar surface area (TPSA) is 48.9 Å². The van der Waals surface area contributed by atoms with E-state index in [1.807, 2.05) is 6.92 Å². The minimum Gasteiger partial charge on any atom is -0.486 e. The zero-order valence-corrected chi connectivity index (χ0v) is 18.8. The van der Waals surface area contributed by atoms with Crippen LogP contribution in [0.25, 0.3) is 0 Å². The number of likely N-dealkylation sites (tertiary alicyclic amines) is 1. The van der Waals surface area contributed by atoms with Gasteiger partial charge in [0.1, 0.15) is 6.10 Å². The van der Waals surface area contributed by atoms with Crippen molar-refractivity contribution in [1.82, 2.24) is 15.5 Å². The molecule has 1 aliphatic carbocycles. The van der Waals surface area contributed by atoms with Gasteiger partial charge in [0.15, 0.2) is 17.5 Å². The van der Waals surface area contributed by atoms with E-state index < -0.39 is 0 Å². The van der Waals surface area contributed by atoms with Gasteiger partial charge < -0.3 is 15.4 Å². The van der Waals surface area contributed by atoms with E-state index in [9.17, 15) is 4.39 Å². The molecular weight excluding hydrogens is 458 g/mol. The molecule has 3 atom stereocenters. The molecule has 1 aliphatic heterocycles. The standard InChI is InChI=1S/C20H31FN4O.HI/c1-4-22-20(24-16-11-14(2)25(13-16)17-9-10-17)23-12-15(3)26-19-8-6-5-7-18(19)21;/h5-8,14-17H,4,9-13H2,1-3H3,(H2,22,23,24);1H. The third-order valence-electron chi connectivity index (χ3n) is 5.00. The Morgan fingerprint density at radius 3 is 2.78 bits per heavy atom. The van der Waals surface area contributed by atoms with Crippen LogP contribution in [0.1, 0.15) is 40.0 Å². The molecule has 0 aromatic heterocycles. The third kappa shape index (κ3) is 6.48. The summed E-state index contributed by atoms with van der Waals surface area (Å²) in [6, 6.07) is 8.33. The molecule has 2 fully saturated rings. The second kappa shape index (κ2) is 10.5. The first-order valence-electron chi connectivity index (χ1n) is 9.78. The van der Waals surface area contributed by atoms with Gasteiger partial charge in [-0.3, -0.25) is 4.90 Å². The maximum atomic E-state index is 13.7. The highest BCUT2D eigenvalue weighted by Gasteiger charge is 2.38. The zero-order chi connectivity index (χ0) is 18.5. The van der Waals surface area contributed by atoms with Crippen molar-refractivity contribution in [3.63, 3.8) is 0 Å². The molecule has 1 aromatic rings. The fourth-order valence-electron chi connectivity index (χ4n) is 3.60. The van der Waals surface area contributed by atoms with E-state index in [2.05, 4.69) is 34.4 Å². The molecule has 2 N–H and O–H groups in total. The van der Waals surface area contributed by atoms with Crippen molar-refractivity contribution in [2.75, 3.05) is 19.6 Å². The number of benzene rings is 1. The van der Waals surface area contributed by atoms with Crippen LogP contribution in [0.15, 0.2) is 29.3 Å². The molecule has 0 amide bonds. The molecule has 3 unspecified atom stereocenters. The predicted molar refractivity (Wildman–Crippen MR) is 119 cm³/mol. The Bertz CT molecular complexity index is 626. The summed E-state index contributed by atoms with van der Waals surface area (Å²) < 4.78 is 19.4. The number of halogens is 2. The highest BCUT2D eigenvalue weighted by Crippen LogP contribution is 2.33. The second-order valence-electron chi connectivity index (χ2n) is 7.43. The van der Waals surface area contributed by atoms with Crippen LogP contribution in [0.2, 0.25) is 0 Å². The van der Waals surface area contributed by atoms with Crippen LogP contribution in [0.4, 0.5) is 4.39 Å². The SMILES string of the molecule is CCNC(=NCC(C)Oc1ccccc1F)NC1CC(C)N(C2CC2)C1.I. The lowest BCUT2D eigenvalue weighted by Gasteiger charge is -2.20. The van der Waals surface area contributed by atoms with Crippen molar-refractivity contribution in [3.8, 4) is 5.75 Å². The number of ether oxygens (including phenoxy) is 1. The lowest BCUT2D eigenvalue weighted by Crippen LogP contribution is -2.45. The molecule has 5 nitrogen and oxygen atoms in total. The van der Waals surface area contributed by atoms with Crippen molar-refractivity contribution in [2.24, 2.45) is 4.99 Å². The monoisotopic (exact) mass is 490 g/mol. The summed E-state index contributed by atoms with van der Waals surface area (Å²) in [5, 5.41) is 6.86. The fraction of sp³-hybridized carbons (Fsp3) is 0.650. The Hall–Kier alpha value is -1.09. The lowest BCUT2D eigenvalue weighted by molar-refractivity contribution is 0.220. The molecule has 2 aliphatic rings. The van der Waals surface area contributed by atoms with E-state index >= 15 is 0 Å². The largest absolute Gasteiger partial charge is 0.486 e. The smallest absolute Gasteiger partial charge is 0.191 e. The van der Waals surface area contributed by atoms with Crippen molar-refractivity contribution < 1.29 is 9.13 Å². The summed E-state index contributed by atoms with van der Waals surface area (Å²) in [6.07, 6.45) is 3.63. The lowest BCUT2D eigenvalue weighted by atomic mass is 10.2. The number of hydrogen-bond donors (Lipinski definition) is 2. The quantitative estimate of drug-likeness (QED) is 0.350. The highest BCUT2D eigenvalue weighted by atomic mass is 127. The number of guanidine groups is 1. The summed E-state index contributed by atoms with van der Waals surface area (Å²) >= 11 is 0. The van der Waals surface area contributed by atoms with Gasteiger partial charge in [-0.25, -0.2) is 9.38 Å². The van der Waals surface area contributed by atoms with Crippen molar-refractivity contribution in [3.05, 3.63) is 30.1 Å². The van der Waals surface area contributed by atoms with E-state index in [1.54, 1.807) is 18.2 Å². The number of nitrogens with one attached hydrogen (secondary N) is 2. The van der Waals surface area contributed by atoms with Crippen LogP contribution >= 0.6 is 24.0 Å². The van der Waals surface area contributed by atoms with Crippen molar-refractivity contribution in [2.45, 2.75) is 64.3 Å². The van der Waals surface area contributed by atoms with Crippen LogP contribution in [-0.2, 0) is 0 Å². The Kier molecular flexibility index (Phi) is 8.60. The Morgan fingerprint density at radius 1 is 1.37 bits per heavy atom. The van der Waals surface area contributed by atoms with Gasteiger partial charge in [0.2, 0.25) is 0 Å². The summed E-state index contributed by atoms with van der Waals surface area (Å²) in [5.74, 6) is 0.748. The van der Waals surface area contributed by atoms with Gasteiger partial charge in [-0.15, -0.1) is 24.0 Å². The number of aliphatic imine (C=N–C) groups is 1. The molecule has 27 heavy (non-hydrogen) atoms. The van der Waals surface area contributed by atoms with E-state index in [4.69, 9.17) is 4.74 Å². The molecule has 1 aromatic carbocycles. The predicted octanol–water partition coefficient (Wildman–Crippen LogP) is 3.39. The van der Waals surface area contributed by atoms with Crippen molar-refractivity contribution in [1.29, 1.82) is 0 Å². The van der Waals surface area contributed by atoms with E-state index in [-0.39, 0.29) is 41.6 Å². The molecule has 152 valence electrons. The van der Waals surface area contributed by atoms with Gasteiger partial charge in [-0.2, -0.15) is 0 Å². The summed E-state index contributed by atoms with van der Waals surface area (Å²) in [4.78, 5) is 7.26. The zero-order valence-electron chi connectivity index (χ0n) is 16.5. The van der Waals surface area contributed by atoms with Crippen molar-refractivity contribution >= 4 is 29.9 Å². The van der Waals surface area contributed by atoms with Gasteiger partial charge in [0.25, 0.3) is 0 Å². The highest BCUT2D eigenvalue weighted by molar-refractivity contribution is 14.0. The molecule has 0 spiro atoms. The van der Waals surface area contributed by atoms with Crippen LogP contribution in [0.3, 0.4) is 0 Å². The number of hydrogen-bond acceptors (Lipinski definition) is 3.